The molecule has 3 aliphatic rings. The maximum absolute atomic E-state index is 11.9. The Kier molecular flexibility index (Phi) is 1.04. The molecule has 3 saturated carbocycles. The van der Waals surface area contributed by atoms with Gasteiger partial charge in [-0.3, -0.25) is 4.79 Å². The molecule has 0 aliphatic heterocycles. The molecule has 72 valence electrons. The van der Waals surface area contributed by atoms with Crippen LogP contribution in [0, 0.1) is 28.6 Å². The van der Waals surface area contributed by atoms with E-state index in [0.29, 0.717) is 11.8 Å². The molecule has 0 amide bonds. The number of Topliss-reactive ketones (excluding diaryl/α,β-unsaturated/α-hetero) is 1. The zero-order valence-electron chi connectivity index (χ0n) is 7.95. The van der Waals surface area contributed by atoms with E-state index in [-0.39, 0.29) is 22.5 Å². The highest BCUT2D eigenvalue weighted by molar-refractivity contribution is 5.95. The first-order valence-corrected chi connectivity index (χ1v) is 4.92. The number of carbonyl (C=O) groups is 1. The van der Waals surface area contributed by atoms with Crippen LogP contribution in [0.25, 0.3) is 0 Å². The Labute approximate surface area is 77.3 Å². The van der Waals surface area contributed by atoms with Gasteiger partial charge in [0.05, 0.1) is 5.92 Å². The van der Waals surface area contributed by atoms with E-state index in [1.165, 1.54) is 0 Å². The van der Waals surface area contributed by atoms with Crippen LogP contribution in [0.5, 0.6) is 0 Å². The smallest absolute Gasteiger partial charge is 0.146 e. The van der Waals surface area contributed by atoms with Crippen molar-refractivity contribution < 1.29 is 9.90 Å². The summed E-state index contributed by atoms with van der Waals surface area (Å²) in [4.78, 5) is 11.9. The fourth-order valence-electron chi connectivity index (χ4n) is 4.17. The van der Waals surface area contributed by atoms with Crippen LogP contribution in [0.2, 0.25) is 0 Å². The Morgan fingerprint density at radius 2 is 2.23 bits per heavy atom. The number of aliphatic hydroxyl groups excluding tert-OH is 1. The van der Waals surface area contributed by atoms with Gasteiger partial charge in [-0.1, -0.05) is 13.8 Å². The summed E-state index contributed by atoms with van der Waals surface area (Å²) in [5, 5.41) is 9.34. The monoisotopic (exact) mass is 181 g/mol. The Morgan fingerprint density at radius 3 is 2.54 bits per heavy atom. The summed E-state index contributed by atoms with van der Waals surface area (Å²) < 4.78 is 0. The Bertz CT molecular complexity index is 314. The van der Waals surface area contributed by atoms with E-state index in [1.54, 1.807) is 0 Å². The second kappa shape index (κ2) is 1.71. The van der Waals surface area contributed by atoms with Gasteiger partial charge in [0, 0.05) is 5.41 Å². The Morgan fingerprint density at radius 1 is 1.62 bits per heavy atom. The maximum atomic E-state index is 11.9. The van der Waals surface area contributed by atoms with Crippen molar-refractivity contribution >= 4 is 5.78 Å². The molecule has 6 atom stereocenters. The van der Waals surface area contributed by atoms with Gasteiger partial charge in [0.15, 0.2) is 0 Å². The number of rotatable bonds is 1. The van der Waals surface area contributed by atoms with Crippen molar-refractivity contribution in [3.8, 4) is 0 Å². The van der Waals surface area contributed by atoms with Crippen LogP contribution in [-0.4, -0.2) is 17.1 Å². The molecular formula is C10H15NO2. The van der Waals surface area contributed by atoms with Crippen molar-refractivity contribution in [2.24, 2.45) is 34.3 Å². The molecule has 0 aromatic carbocycles. The number of nitrogens with two attached hydrogens (primary N) is 1. The Balaban J connectivity index is 2.04. The van der Waals surface area contributed by atoms with Crippen LogP contribution >= 0.6 is 0 Å². The van der Waals surface area contributed by atoms with Crippen molar-refractivity contribution in [2.45, 2.75) is 26.5 Å². The average Bonchev–Trinajstić information content (AvgIpc) is 2.47. The predicted molar refractivity (Wildman–Crippen MR) is 46.5 cm³/mol. The molecule has 0 bridgehead atoms. The first-order chi connectivity index (χ1) is 5.94. The molecule has 0 aromatic rings. The summed E-state index contributed by atoms with van der Waals surface area (Å²) in [6.45, 7) is 4.21. The molecule has 3 N–H and O–H groups in total. The van der Waals surface area contributed by atoms with E-state index in [1.807, 2.05) is 6.92 Å². The number of ketones is 1. The number of hydrogen-bond donors (Lipinski definition) is 2. The average molecular weight is 181 g/mol. The molecular weight excluding hydrogens is 166 g/mol. The summed E-state index contributed by atoms with van der Waals surface area (Å²) in [5.74, 6) is 0.981. The normalized spacial score (nSPS) is 64.3. The van der Waals surface area contributed by atoms with Gasteiger partial charge < -0.3 is 10.8 Å². The van der Waals surface area contributed by atoms with Crippen LogP contribution < -0.4 is 5.73 Å². The number of aliphatic hydroxyl groups is 1. The molecule has 0 radical (unpaired) electrons. The topological polar surface area (TPSA) is 63.3 Å². The highest BCUT2D eigenvalue weighted by Crippen LogP contribution is 2.87. The number of carbonyl (C=O) groups excluding carboxylic acids is 1. The van der Waals surface area contributed by atoms with Crippen molar-refractivity contribution in [3.05, 3.63) is 0 Å². The summed E-state index contributed by atoms with van der Waals surface area (Å²) in [6, 6.07) is 0. The Hall–Kier alpha value is -0.410. The van der Waals surface area contributed by atoms with E-state index >= 15 is 0 Å². The van der Waals surface area contributed by atoms with Gasteiger partial charge in [0.1, 0.15) is 12.0 Å². The summed E-state index contributed by atoms with van der Waals surface area (Å²) in [5.41, 5.74) is 5.47. The summed E-state index contributed by atoms with van der Waals surface area (Å²) in [7, 11) is 0. The lowest BCUT2D eigenvalue weighted by Crippen LogP contribution is -2.48. The summed E-state index contributed by atoms with van der Waals surface area (Å²) >= 11 is 0. The lowest BCUT2D eigenvalue weighted by molar-refractivity contribution is -0.142. The molecule has 3 heteroatoms. The minimum Gasteiger partial charge on any atom is -0.378 e. The van der Waals surface area contributed by atoms with Gasteiger partial charge in [-0.25, -0.2) is 0 Å². The fourth-order valence-corrected chi connectivity index (χ4v) is 4.17. The highest BCUT2D eigenvalue weighted by atomic mass is 16.3. The van der Waals surface area contributed by atoms with Crippen molar-refractivity contribution in [2.75, 3.05) is 0 Å². The molecule has 0 spiro atoms. The van der Waals surface area contributed by atoms with E-state index in [0.717, 1.165) is 6.42 Å². The molecule has 13 heavy (non-hydrogen) atoms. The minimum absolute atomic E-state index is 0.159. The van der Waals surface area contributed by atoms with E-state index in [9.17, 15) is 9.90 Å². The van der Waals surface area contributed by atoms with Crippen LogP contribution in [0.4, 0.5) is 0 Å². The first-order valence-electron chi connectivity index (χ1n) is 4.92. The fraction of sp³-hybridized carbons (Fsp3) is 0.900. The van der Waals surface area contributed by atoms with Gasteiger partial charge in [-0.15, -0.1) is 0 Å². The third-order valence-corrected chi connectivity index (χ3v) is 5.21. The maximum Gasteiger partial charge on any atom is 0.146 e. The quantitative estimate of drug-likeness (QED) is 0.565. The molecule has 3 nitrogen and oxygen atoms in total. The van der Waals surface area contributed by atoms with Crippen molar-refractivity contribution in [1.29, 1.82) is 0 Å². The van der Waals surface area contributed by atoms with E-state index < -0.39 is 6.23 Å². The second-order valence-electron chi connectivity index (χ2n) is 5.33. The van der Waals surface area contributed by atoms with Crippen LogP contribution in [0.3, 0.4) is 0 Å². The van der Waals surface area contributed by atoms with Gasteiger partial charge in [-0.2, -0.15) is 0 Å². The standard InChI is InChI=1S/C10H15NO2/c1-9-3-4-6(10(4,9)2)5(7(9)12)8(11)13/h4-6,8,13H,3,11H2,1-2H3. The largest absolute Gasteiger partial charge is 0.378 e. The molecule has 3 aliphatic carbocycles. The lowest BCUT2D eigenvalue weighted by atomic mass is 9.59. The zero-order valence-corrected chi connectivity index (χ0v) is 7.95. The van der Waals surface area contributed by atoms with Gasteiger partial charge in [-0.05, 0) is 23.7 Å². The molecule has 0 aromatic heterocycles. The highest BCUT2D eigenvalue weighted by Gasteiger charge is 2.88. The van der Waals surface area contributed by atoms with Crippen molar-refractivity contribution in [3.63, 3.8) is 0 Å². The second-order valence-corrected chi connectivity index (χ2v) is 5.33. The van der Waals surface area contributed by atoms with Crippen LogP contribution in [0.15, 0.2) is 0 Å². The molecule has 6 unspecified atom stereocenters. The predicted octanol–water partition coefficient (Wildman–Crippen LogP) is 0.125. The van der Waals surface area contributed by atoms with Gasteiger partial charge >= 0.3 is 0 Å². The van der Waals surface area contributed by atoms with E-state index in [2.05, 4.69) is 6.92 Å². The van der Waals surface area contributed by atoms with Crippen molar-refractivity contribution in [1.82, 2.24) is 0 Å². The number of hydrogen-bond acceptors (Lipinski definition) is 3. The molecule has 0 heterocycles. The van der Waals surface area contributed by atoms with Gasteiger partial charge in [0.25, 0.3) is 0 Å². The molecule has 0 saturated heterocycles. The lowest BCUT2D eigenvalue weighted by Gasteiger charge is -2.43. The van der Waals surface area contributed by atoms with Crippen LogP contribution in [-0.2, 0) is 4.79 Å². The van der Waals surface area contributed by atoms with Crippen LogP contribution in [0.1, 0.15) is 20.3 Å². The number of fused-ring (bicyclic) bond motifs is 1. The SMILES string of the molecule is CC12CC3C(C(C(N)O)C1=O)C32C. The first kappa shape index (κ1) is 7.94. The van der Waals surface area contributed by atoms with E-state index in [4.69, 9.17) is 5.73 Å². The third-order valence-electron chi connectivity index (χ3n) is 5.21. The molecule has 3 fully saturated rings. The van der Waals surface area contributed by atoms with Gasteiger partial charge in [0.2, 0.25) is 0 Å². The third kappa shape index (κ3) is 0.513. The molecule has 3 rings (SSSR count). The zero-order chi connectivity index (χ0) is 9.59. The summed E-state index contributed by atoms with van der Waals surface area (Å²) in [6.07, 6.45) is 0.0832. The minimum atomic E-state index is -0.941.